The van der Waals surface area contributed by atoms with Crippen molar-refractivity contribution >= 4 is 13.4 Å². The summed E-state index contributed by atoms with van der Waals surface area (Å²) in [7, 11) is 3.72. The van der Waals surface area contributed by atoms with Gasteiger partial charge in [0.2, 0.25) is 5.88 Å². The number of piperidine rings is 1. The van der Waals surface area contributed by atoms with Gasteiger partial charge in [0.15, 0.2) is 0 Å². The van der Waals surface area contributed by atoms with Gasteiger partial charge in [0, 0.05) is 5.92 Å². The Morgan fingerprint density at radius 1 is 1.27 bits per heavy atom. The van der Waals surface area contributed by atoms with Crippen molar-refractivity contribution in [3.63, 3.8) is 0 Å². The van der Waals surface area contributed by atoms with E-state index in [1.165, 1.54) is 0 Å². The molecule has 1 rings (SSSR count). The molecule has 0 aliphatic carbocycles. The molecule has 0 atom stereocenters. The van der Waals surface area contributed by atoms with E-state index in [1.807, 2.05) is 0 Å². The minimum atomic E-state index is 0.402. The molecule has 1 heterocycles. The predicted octanol–water partition coefficient (Wildman–Crippen LogP) is 1.54. The van der Waals surface area contributed by atoms with Gasteiger partial charge in [0.25, 0.3) is 0 Å². The zero-order valence-electron chi connectivity index (χ0n) is 9.57. The standard InChI is InChI=1S/C11H19N3O/c1-12-10(11(13-2)15-4)9-5-7-14(3)8-6-9/h9H,1-2,5-8H2,3-4H3/b11-10+. The van der Waals surface area contributed by atoms with Gasteiger partial charge in [-0.2, -0.15) is 0 Å². The number of rotatable bonds is 4. The number of nitrogens with zero attached hydrogens (tertiary/aromatic N) is 3. The highest BCUT2D eigenvalue weighted by molar-refractivity contribution is 5.34. The highest BCUT2D eigenvalue weighted by atomic mass is 16.5. The van der Waals surface area contributed by atoms with Crippen molar-refractivity contribution in [3.05, 3.63) is 11.6 Å². The van der Waals surface area contributed by atoms with Crippen LogP contribution in [0.25, 0.3) is 0 Å². The van der Waals surface area contributed by atoms with Crippen LogP contribution in [0.5, 0.6) is 0 Å². The summed E-state index contributed by atoms with van der Waals surface area (Å²) in [5.41, 5.74) is 0.848. The lowest BCUT2D eigenvalue weighted by Crippen LogP contribution is -2.31. The van der Waals surface area contributed by atoms with E-state index in [1.54, 1.807) is 7.11 Å². The molecule has 1 saturated heterocycles. The van der Waals surface area contributed by atoms with Crippen molar-refractivity contribution in [2.24, 2.45) is 15.9 Å². The molecule has 0 aromatic rings. The zero-order chi connectivity index (χ0) is 11.3. The highest BCUT2D eigenvalue weighted by Gasteiger charge is 2.22. The third kappa shape index (κ3) is 2.89. The molecule has 0 radical (unpaired) electrons. The second-order valence-electron chi connectivity index (χ2n) is 3.79. The monoisotopic (exact) mass is 209 g/mol. The summed E-state index contributed by atoms with van der Waals surface area (Å²) in [6, 6.07) is 0. The van der Waals surface area contributed by atoms with Crippen LogP contribution in [0.2, 0.25) is 0 Å². The Morgan fingerprint density at radius 2 is 1.87 bits per heavy atom. The van der Waals surface area contributed by atoms with Crippen LogP contribution in [0, 0.1) is 5.92 Å². The van der Waals surface area contributed by atoms with Crippen LogP contribution in [0.4, 0.5) is 0 Å². The Morgan fingerprint density at radius 3 is 2.27 bits per heavy atom. The van der Waals surface area contributed by atoms with Gasteiger partial charge >= 0.3 is 0 Å². The molecule has 4 heteroatoms. The molecule has 1 aliphatic heterocycles. The van der Waals surface area contributed by atoms with Crippen LogP contribution in [-0.2, 0) is 4.74 Å². The fourth-order valence-corrected chi connectivity index (χ4v) is 1.90. The Bertz CT molecular complexity index is 265. The van der Waals surface area contributed by atoms with Gasteiger partial charge in [-0.3, -0.25) is 4.99 Å². The second kappa shape index (κ2) is 5.66. The van der Waals surface area contributed by atoms with Crippen molar-refractivity contribution in [1.29, 1.82) is 0 Å². The smallest absolute Gasteiger partial charge is 0.234 e. The molecule has 0 aromatic carbocycles. The van der Waals surface area contributed by atoms with Crippen LogP contribution >= 0.6 is 0 Å². The van der Waals surface area contributed by atoms with Crippen LogP contribution in [-0.4, -0.2) is 45.6 Å². The second-order valence-corrected chi connectivity index (χ2v) is 3.79. The Labute approximate surface area is 91.4 Å². The topological polar surface area (TPSA) is 37.2 Å². The molecule has 1 aliphatic rings. The number of aliphatic imine (C=N–C) groups is 2. The minimum Gasteiger partial charge on any atom is -0.480 e. The van der Waals surface area contributed by atoms with Crippen molar-refractivity contribution in [2.45, 2.75) is 12.8 Å². The summed E-state index contributed by atoms with van der Waals surface area (Å²) in [5, 5.41) is 0. The first kappa shape index (κ1) is 11.9. The normalized spacial score (nSPS) is 20.7. The molecule has 0 amide bonds. The van der Waals surface area contributed by atoms with E-state index >= 15 is 0 Å². The Hall–Kier alpha value is -1.16. The number of allylic oxidation sites excluding steroid dienone is 1. The predicted molar refractivity (Wildman–Crippen MR) is 63.4 cm³/mol. The van der Waals surface area contributed by atoms with E-state index in [9.17, 15) is 0 Å². The minimum absolute atomic E-state index is 0.402. The van der Waals surface area contributed by atoms with Gasteiger partial charge in [-0.05, 0) is 46.4 Å². The van der Waals surface area contributed by atoms with Gasteiger partial charge in [-0.1, -0.05) is 0 Å². The van der Waals surface area contributed by atoms with Crippen molar-refractivity contribution in [3.8, 4) is 0 Å². The van der Waals surface area contributed by atoms with Gasteiger partial charge in [-0.25, -0.2) is 4.99 Å². The number of hydrogen-bond acceptors (Lipinski definition) is 4. The summed E-state index contributed by atoms with van der Waals surface area (Å²) < 4.78 is 5.14. The van der Waals surface area contributed by atoms with Crippen LogP contribution < -0.4 is 0 Å². The van der Waals surface area contributed by atoms with Crippen LogP contribution in [0.3, 0.4) is 0 Å². The lowest BCUT2D eigenvalue weighted by Gasteiger charge is -2.29. The average molecular weight is 209 g/mol. The molecule has 0 saturated carbocycles. The average Bonchev–Trinajstić information content (AvgIpc) is 2.27. The van der Waals surface area contributed by atoms with E-state index in [-0.39, 0.29) is 0 Å². The SMILES string of the molecule is C=N/C(OC)=C(\N=C)C1CCN(C)CC1. The zero-order valence-corrected chi connectivity index (χ0v) is 9.57. The molecular weight excluding hydrogens is 190 g/mol. The van der Waals surface area contributed by atoms with Gasteiger partial charge < -0.3 is 9.64 Å². The van der Waals surface area contributed by atoms with E-state index in [0.29, 0.717) is 11.8 Å². The summed E-state index contributed by atoms with van der Waals surface area (Å²) in [6.45, 7) is 9.22. The molecule has 0 N–H and O–H groups in total. The highest BCUT2D eigenvalue weighted by Crippen LogP contribution is 2.27. The maximum atomic E-state index is 5.14. The third-order valence-electron chi connectivity index (χ3n) is 2.83. The first-order valence-electron chi connectivity index (χ1n) is 5.13. The molecule has 0 aromatic heterocycles. The van der Waals surface area contributed by atoms with Gasteiger partial charge in [0.05, 0.1) is 7.11 Å². The quantitative estimate of drug-likeness (QED) is 0.520. The molecule has 0 spiro atoms. The number of methoxy groups -OCH3 is 1. The van der Waals surface area contributed by atoms with Crippen LogP contribution in [0.15, 0.2) is 21.6 Å². The van der Waals surface area contributed by atoms with E-state index < -0.39 is 0 Å². The summed E-state index contributed by atoms with van der Waals surface area (Å²) in [6.07, 6.45) is 2.15. The van der Waals surface area contributed by atoms with E-state index in [2.05, 4.69) is 35.4 Å². The molecule has 0 bridgehead atoms. The van der Waals surface area contributed by atoms with Crippen molar-refractivity contribution < 1.29 is 4.74 Å². The maximum absolute atomic E-state index is 5.14. The van der Waals surface area contributed by atoms with Gasteiger partial charge in [-0.15, -0.1) is 0 Å². The summed E-state index contributed by atoms with van der Waals surface area (Å²) in [4.78, 5) is 10.2. The fourth-order valence-electron chi connectivity index (χ4n) is 1.90. The molecular formula is C11H19N3O. The molecule has 84 valence electrons. The Kier molecular flexibility index (Phi) is 4.49. The maximum Gasteiger partial charge on any atom is 0.234 e. The molecule has 15 heavy (non-hydrogen) atoms. The Balaban J connectivity index is 2.78. The first-order chi connectivity index (χ1) is 7.22. The number of likely N-dealkylation sites (tertiary alicyclic amines) is 1. The van der Waals surface area contributed by atoms with Crippen molar-refractivity contribution in [1.82, 2.24) is 4.90 Å². The summed E-state index contributed by atoms with van der Waals surface area (Å²) >= 11 is 0. The van der Waals surface area contributed by atoms with Crippen LogP contribution in [0.1, 0.15) is 12.8 Å². The number of hydrogen-bond donors (Lipinski definition) is 0. The van der Waals surface area contributed by atoms with E-state index in [0.717, 1.165) is 31.6 Å². The fraction of sp³-hybridized carbons (Fsp3) is 0.636. The number of ether oxygens (including phenoxy) is 1. The first-order valence-corrected chi connectivity index (χ1v) is 5.13. The molecule has 0 unspecified atom stereocenters. The molecule has 1 fully saturated rings. The lowest BCUT2D eigenvalue weighted by atomic mass is 9.94. The van der Waals surface area contributed by atoms with E-state index in [4.69, 9.17) is 4.74 Å². The summed E-state index contributed by atoms with van der Waals surface area (Å²) in [5.74, 6) is 0.915. The molecule has 4 nitrogen and oxygen atoms in total. The largest absolute Gasteiger partial charge is 0.480 e. The van der Waals surface area contributed by atoms with Crippen molar-refractivity contribution in [2.75, 3.05) is 27.2 Å². The lowest BCUT2D eigenvalue weighted by molar-refractivity contribution is 0.224. The third-order valence-corrected chi connectivity index (χ3v) is 2.83. The van der Waals surface area contributed by atoms with Gasteiger partial charge in [0.1, 0.15) is 5.70 Å².